The molecule has 1 aromatic rings. The van der Waals surface area contributed by atoms with Crippen LogP contribution in [0.15, 0.2) is 18.3 Å². The predicted molar refractivity (Wildman–Crippen MR) is 74.3 cm³/mol. The molecule has 1 fully saturated rings. The molecule has 0 bridgehead atoms. The fraction of sp³-hybridized carbons (Fsp3) is 0.571. The van der Waals surface area contributed by atoms with Crippen LogP contribution in [0.3, 0.4) is 0 Å². The average molecular weight is 263 g/mol. The Bertz CT molecular complexity index is 436. The quantitative estimate of drug-likeness (QED) is 0.820. The number of likely N-dealkylation sites (N-methyl/N-ethyl adjacent to an activating group) is 1. The maximum Gasteiger partial charge on any atom is 0.338 e. The minimum atomic E-state index is -0.332. The fourth-order valence-electron chi connectivity index (χ4n) is 2.54. The smallest absolute Gasteiger partial charge is 0.338 e. The number of rotatable bonds is 5. The van der Waals surface area contributed by atoms with E-state index in [0.717, 1.165) is 18.9 Å². The van der Waals surface area contributed by atoms with Gasteiger partial charge in [-0.25, -0.2) is 9.78 Å². The van der Waals surface area contributed by atoms with E-state index in [1.807, 2.05) is 0 Å². The van der Waals surface area contributed by atoms with Crippen molar-refractivity contribution in [3.63, 3.8) is 0 Å². The molecule has 1 atom stereocenters. The highest BCUT2D eigenvalue weighted by molar-refractivity contribution is 5.89. The lowest BCUT2D eigenvalue weighted by Gasteiger charge is -2.23. The number of esters is 1. The van der Waals surface area contributed by atoms with E-state index in [2.05, 4.69) is 22.1 Å². The Morgan fingerprint density at radius 2 is 2.47 bits per heavy atom. The molecule has 104 valence electrons. The van der Waals surface area contributed by atoms with Gasteiger partial charge in [0.2, 0.25) is 0 Å². The van der Waals surface area contributed by atoms with E-state index in [1.165, 1.54) is 26.5 Å². The molecule has 0 saturated carbocycles. The summed E-state index contributed by atoms with van der Waals surface area (Å²) < 4.78 is 4.70. The van der Waals surface area contributed by atoms with E-state index in [1.54, 1.807) is 18.3 Å². The molecule has 0 spiro atoms. The number of likely N-dealkylation sites (tertiary alicyclic amines) is 1. The van der Waals surface area contributed by atoms with Gasteiger partial charge in [-0.3, -0.25) is 4.90 Å². The first kappa shape index (κ1) is 13.8. The van der Waals surface area contributed by atoms with Crippen LogP contribution in [0, 0.1) is 0 Å². The first-order valence-electron chi connectivity index (χ1n) is 6.77. The summed E-state index contributed by atoms with van der Waals surface area (Å²) in [6, 6.07) is 3.95. The van der Waals surface area contributed by atoms with Crippen molar-refractivity contribution in [2.45, 2.75) is 25.8 Å². The molecule has 5 heteroatoms. The van der Waals surface area contributed by atoms with Crippen molar-refractivity contribution < 1.29 is 9.53 Å². The van der Waals surface area contributed by atoms with Crippen LogP contribution < -0.4 is 5.32 Å². The van der Waals surface area contributed by atoms with Crippen LogP contribution in [0.2, 0.25) is 0 Å². The lowest BCUT2D eigenvalue weighted by atomic mass is 10.2. The van der Waals surface area contributed by atoms with Gasteiger partial charge in [0.25, 0.3) is 0 Å². The van der Waals surface area contributed by atoms with Crippen LogP contribution in [0.25, 0.3) is 0 Å². The predicted octanol–water partition coefficient (Wildman–Crippen LogP) is 1.76. The Hall–Kier alpha value is -1.62. The van der Waals surface area contributed by atoms with E-state index >= 15 is 0 Å². The third kappa shape index (κ3) is 3.44. The van der Waals surface area contributed by atoms with Crippen molar-refractivity contribution in [3.05, 3.63) is 23.9 Å². The molecule has 0 aromatic carbocycles. The molecule has 0 amide bonds. The van der Waals surface area contributed by atoms with Gasteiger partial charge in [-0.15, -0.1) is 0 Å². The van der Waals surface area contributed by atoms with E-state index in [9.17, 15) is 4.79 Å². The average Bonchev–Trinajstić information content (AvgIpc) is 2.92. The van der Waals surface area contributed by atoms with Crippen LogP contribution in [0.4, 0.5) is 5.82 Å². The van der Waals surface area contributed by atoms with Crippen LogP contribution in [0.5, 0.6) is 0 Å². The first-order valence-corrected chi connectivity index (χ1v) is 6.77. The number of carbonyl (C=O) groups excluding carboxylic acids is 1. The third-order valence-corrected chi connectivity index (χ3v) is 3.61. The monoisotopic (exact) mass is 263 g/mol. The summed E-state index contributed by atoms with van der Waals surface area (Å²) in [6.45, 7) is 5.32. The van der Waals surface area contributed by atoms with Crippen LogP contribution >= 0.6 is 0 Å². The number of anilines is 1. The minimum absolute atomic E-state index is 0.332. The van der Waals surface area contributed by atoms with Gasteiger partial charge in [0.15, 0.2) is 0 Å². The van der Waals surface area contributed by atoms with Crippen molar-refractivity contribution in [1.29, 1.82) is 0 Å². The van der Waals surface area contributed by atoms with E-state index in [-0.39, 0.29) is 5.97 Å². The maximum absolute atomic E-state index is 11.4. The molecule has 2 rings (SSSR count). The normalized spacial score (nSPS) is 19.4. The summed E-state index contributed by atoms with van der Waals surface area (Å²) in [4.78, 5) is 18.1. The first-order chi connectivity index (χ1) is 9.24. The summed E-state index contributed by atoms with van der Waals surface area (Å²) in [5.41, 5.74) is 0.527. The number of nitrogens with zero attached hydrogens (tertiary/aromatic N) is 2. The number of nitrogens with one attached hydrogen (secondary N) is 1. The third-order valence-electron chi connectivity index (χ3n) is 3.61. The van der Waals surface area contributed by atoms with Crippen molar-refractivity contribution >= 4 is 11.8 Å². The molecule has 1 unspecified atom stereocenters. The minimum Gasteiger partial charge on any atom is -0.465 e. The number of hydrogen-bond acceptors (Lipinski definition) is 5. The number of carbonyl (C=O) groups is 1. The summed E-state index contributed by atoms with van der Waals surface area (Å²) in [5.74, 6) is 0.396. The number of hydrogen-bond donors (Lipinski definition) is 1. The molecule has 1 aliphatic rings. The molecule has 5 nitrogen and oxygen atoms in total. The summed E-state index contributed by atoms with van der Waals surface area (Å²) in [5, 5.41) is 3.31. The van der Waals surface area contributed by atoms with Crippen LogP contribution in [-0.2, 0) is 4.74 Å². The van der Waals surface area contributed by atoms with Gasteiger partial charge in [0.05, 0.1) is 12.7 Å². The van der Waals surface area contributed by atoms with Gasteiger partial charge in [-0.05, 0) is 38.1 Å². The Kier molecular flexibility index (Phi) is 4.74. The Labute approximate surface area is 114 Å². The van der Waals surface area contributed by atoms with Crippen LogP contribution in [-0.4, -0.2) is 48.6 Å². The van der Waals surface area contributed by atoms with E-state index in [4.69, 9.17) is 4.74 Å². The van der Waals surface area contributed by atoms with Gasteiger partial charge >= 0.3 is 5.97 Å². The second kappa shape index (κ2) is 6.52. The molecule has 19 heavy (non-hydrogen) atoms. The van der Waals surface area contributed by atoms with E-state index in [0.29, 0.717) is 11.6 Å². The van der Waals surface area contributed by atoms with Crippen molar-refractivity contribution in [1.82, 2.24) is 9.88 Å². The lowest BCUT2D eigenvalue weighted by Crippen LogP contribution is -2.34. The SMILES string of the molecule is CCN1CCCC1CNc1cc(C(=O)OC)ccn1. The summed E-state index contributed by atoms with van der Waals surface area (Å²) in [7, 11) is 1.38. The molecule has 0 aliphatic carbocycles. The highest BCUT2D eigenvalue weighted by Gasteiger charge is 2.22. The number of pyridine rings is 1. The Balaban J connectivity index is 1.94. The zero-order chi connectivity index (χ0) is 13.7. The van der Waals surface area contributed by atoms with Crippen LogP contribution in [0.1, 0.15) is 30.1 Å². The Morgan fingerprint density at radius 1 is 1.63 bits per heavy atom. The fourth-order valence-corrected chi connectivity index (χ4v) is 2.54. The summed E-state index contributed by atoms with van der Waals surface area (Å²) >= 11 is 0. The molecule has 0 radical (unpaired) electrons. The van der Waals surface area contributed by atoms with Gasteiger partial charge in [-0.2, -0.15) is 0 Å². The van der Waals surface area contributed by atoms with Crippen molar-refractivity contribution in [2.24, 2.45) is 0 Å². The topological polar surface area (TPSA) is 54.5 Å². The highest BCUT2D eigenvalue weighted by atomic mass is 16.5. The van der Waals surface area contributed by atoms with E-state index < -0.39 is 0 Å². The lowest BCUT2D eigenvalue weighted by molar-refractivity contribution is 0.0600. The van der Waals surface area contributed by atoms with Gasteiger partial charge in [-0.1, -0.05) is 6.92 Å². The van der Waals surface area contributed by atoms with Gasteiger partial charge < -0.3 is 10.1 Å². The second-order valence-electron chi connectivity index (χ2n) is 4.73. The molecule has 1 saturated heterocycles. The highest BCUT2D eigenvalue weighted by Crippen LogP contribution is 2.17. The standard InChI is InChI=1S/C14H21N3O2/c1-3-17-8-4-5-12(17)10-16-13-9-11(6-7-15-13)14(18)19-2/h6-7,9,12H,3-5,8,10H2,1-2H3,(H,15,16). The molecule has 1 N–H and O–H groups in total. The van der Waals surface area contributed by atoms with Gasteiger partial charge in [0.1, 0.15) is 5.82 Å². The summed E-state index contributed by atoms with van der Waals surface area (Å²) in [6.07, 6.45) is 4.11. The second-order valence-corrected chi connectivity index (χ2v) is 4.73. The van der Waals surface area contributed by atoms with Crippen molar-refractivity contribution in [2.75, 3.05) is 32.1 Å². The largest absolute Gasteiger partial charge is 0.465 e. The molecule has 2 heterocycles. The molecular weight excluding hydrogens is 242 g/mol. The van der Waals surface area contributed by atoms with Gasteiger partial charge in [0, 0.05) is 18.8 Å². The van der Waals surface area contributed by atoms with Crippen molar-refractivity contribution in [3.8, 4) is 0 Å². The number of methoxy groups -OCH3 is 1. The zero-order valence-electron chi connectivity index (χ0n) is 11.6. The Morgan fingerprint density at radius 3 is 3.21 bits per heavy atom. The zero-order valence-corrected chi connectivity index (χ0v) is 11.6. The molecular formula is C14H21N3O2. The number of ether oxygens (including phenoxy) is 1. The molecule has 1 aromatic heterocycles. The number of aromatic nitrogens is 1. The maximum atomic E-state index is 11.4. The molecule has 1 aliphatic heterocycles.